The zero-order chi connectivity index (χ0) is 17.8. The van der Waals surface area contributed by atoms with Gasteiger partial charge in [0.25, 0.3) is 0 Å². The number of tetrazole rings is 1. The Morgan fingerprint density at radius 3 is 2.31 bits per heavy atom. The van der Waals surface area contributed by atoms with E-state index < -0.39 is 0 Å². The summed E-state index contributed by atoms with van der Waals surface area (Å²) in [6.07, 6.45) is 2.98. The molecule has 26 heavy (non-hydrogen) atoms. The van der Waals surface area contributed by atoms with Crippen LogP contribution in [-0.2, 0) is 11.3 Å². The van der Waals surface area contributed by atoms with Crippen LogP contribution in [0.3, 0.4) is 0 Å². The van der Waals surface area contributed by atoms with Crippen molar-refractivity contribution in [1.82, 2.24) is 25.1 Å². The van der Waals surface area contributed by atoms with Crippen molar-refractivity contribution in [1.29, 1.82) is 0 Å². The minimum atomic E-state index is 0.00498. The van der Waals surface area contributed by atoms with Crippen molar-refractivity contribution < 1.29 is 4.79 Å². The molecule has 0 unspecified atom stereocenters. The molecule has 1 aliphatic rings. The number of aromatic nitrogens is 4. The van der Waals surface area contributed by atoms with Crippen LogP contribution in [0, 0.1) is 0 Å². The molecule has 1 aliphatic heterocycles. The molecule has 0 fully saturated rings. The quantitative estimate of drug-likeness (QED) is 0.729. The third-order valence-electron chi connectivity index (χ3n) is 4.47. The van der Waals surface area contributed by atoms with Gasteiger partial charge in [0.1, 0.15) is 6.54 Å². The Labute approximate surface area is 151 Å². The van der Waals surface area contributed by atoms with Crippen LogP contribution in [0.5, 0.6) is 0 Å². The maximum Gasteiger partial charge on any atom is 0.246 e. The van der Waals surface area contributed by atoms with Crippen LogP contribution in [0.15, 0.2) is 66.7 Å². The van der Waals surface area contributed by atoms with E-state index in [1.54, 1.807) is 0 Å². The van der Waals surface area contributed by atoms with Crippen molar-refractivity contribution in [2.75, 3.05) is 13.1 Å². The lowest BCUT2D eigenvalue weighted by Crippen LogP contribution is -2.37. The van der Waals surface area contributed by atoms with Gasteiger partial charge in [-0.2, -0.15) is 4.80 Å². The number of nitrogens with zero attached hydrogens (tertiary/aromatic N) is 5. The Kier molecular flexibility index (Phi) is 4.55. The fourth-order valence-electron chi connectivity index (χ4n) is 3.04. The monoisotopic (exact) mass is 345 g/mol. The molecule has 1 aromatic heterocycles. The molecule has 0 spiro atoms. The zero-order valence-electron chi connectivity index (χ0n) is 14.3. The Bertz CT molecular complexity index is 918. The molecule has 0 radical (unpaired) electrons. The molecule has 4 rings (SSSR count). The topological polar surface area (TPSA) is 63.9 Å². The first-order chi connectivity index (χ1) is 12.8. The third-order valence-corrected chi connectivity index (χ3v) is 4.47. The lowest BCUT2D eigenvalue weighted by atomic mass is 9.99. The van der Waals surface area contributed by atoms with Crippen molar-refractivity contribution in [3.63, 3.8) is 0 Å². The highest BCUT2D eigenvalue weighted by atomic mass is 16.2. The van der Waals surface area contributed by atoms with Crippen LogP contribution in [0.1, 0.15) is 12.0 Å². The third kappa shape index (κ3) is 3.54. The average Bonchev–Trinajstić information content (AvgIpc) is 3.18. The Balaban J connectivity index is 1.39. The zero-order valence-corrected chi connectivity index (χ0v) is 14.3. The van der Waals surface area contributed by atoms with Crippen LogP contribution in [0.2, 0.25) is 0 Å². The van der Waals surface area contributed by atoms with Gasteiger partial charge in [-0.25, -0.2) is 0 Å². The second-order valence-electron chi connectivity index (χ2n) is 6.19. The number of carbonyl (C=O) groups excluding carboxylic acids is 1. The van der Waals surface area contributed by atoms with E-state index in [-0.39, 0.29) is 12.5 Å². The molecule has 2 aromatic carbocycles. The molecule has 2 heterocycles. The number of hydrogen-bond acceptors (Lipinski definition) is 4. The van der Waals surface area contributed by atoms with E-state index >= 15 is 0 Å². The summed E-state index contributed by atoms with van der Waals surface area (Å²) in [6.45, 7) is 1.43. The lowest BCUT2D eigenvalue weighted by Gasteiger charge is -2.26. The number of benzene rings is 2. The van der Waals surface area contributed by atoms with Crippen molar-refractivity contribution in [2.45, 2.75) is 13.0 Å². The average molecular weight is 345 g/mol. The summed E-state index contributed by atoms with van der Waals surface area (Å²) in [5, 5.41) is 12.3. The summed E-state index contributed by atoms with van der Waals surface area (Å²) in [5.41, 5.74) is 3.41. The Morgan fingerprint density at radius 1 is 0.962 bits per heavy atom. The van der Waals surface area contributed by atoms with E-state index in [1.807, 2.05) is 53.4 Å². The van der Waals surface area contributed by atoms with Gasteiger partial charge in [0.2, 0.25) is 11.7 Å². The number of amides is 1. The number of rotatable bonds is 4. The molecular weight excluding hydrogens is 326 g/mol. The number of carbonyl (C=O) groups is 1. The highest BCUT2D eigenvalue weighted by Gasteiger charge is 2.19. The van der Waals surface area contributed by atoms with E-state index in [4.69, 9.17) is 0 Å². The Morgan fingerprint density at radius 2 is 1.65 bits per heavy atom. The highest BCUT2D eigenvalue weighted by Crippen LogP contribution is 2.22. The summed E-state index contributed by atoms with van der Waals surface area (Å²) in [7, 11) is 0. The second kappa shape index (κ2) is 7.31. The van der Waals surface area contributed by atoms with E-state index in [0.717, 1.165) is 12.0 Å². The second-order valence-corrected chi connectivity index (χ2v) is 6.19. The molecule has 0 bridgehead atoms. The van der Waals surface area contributed by atoms with Gasteiger partial charge in [0.15, 0.2) is 0 Å². The first-order valence-corrected chi connectivity index (χ1v) is 8.65. The fraction of sp³-hybridized carbons (Fsp3) is 0.200. The van der Waals surface area contributed by atoms with Crippen LogP contribution in [0.25, 0.3) is 17.0 Å². The van der Waals surface area contributed by atoms with Crippen molar-refractivity contribution in [2.24, 2.45) is 0 Å². The number of hydrogen-bond donors (Lipinski definition) is 0. The van der Waals surface area contributed by atoms with E-state index in [1.165, 1.54) is 15.9 Å². The van der Waals surface area contributed by atoms with Crippen LogP contribution in [0.4, 0.5) is 0 Å². The molecule has 6 heteroatoms. The summed E-state index contributed by atoms with van der Waals surface area (Å²) < 4.78 is 0. The van der Waals surface area contributed by atoms with Crippen molar-refractivity contribution in [3.8, 4) is 11.4 Å². The normalized spacial score (nSPS) is 14.2. The maximum atomic E-state index is 12.5. The molecule has 1 amide bonds. The molecule has 0 saturated heterocycles. The van der Waals surface area contributed by atoms with Crippen molar-refractivity contribution >= 4 is 11.5 Å². The standard InChI is InChI=1S/C20H19N5O/c26-19(15-25-22-20(21-23-25)18-9-5-2-6-10-18)24-13-11-17(12-14-24)16-7-3-1-4-8-16/h1-11H,12-15H2. The van der Waals surface area contributed by atoms with Crippen LogP contribution >= 0.6 is 0 Å². The van der Waals surface area contributed by atoms with E-state index in [0.29, 0.717) is 18.9 Å². The first kappa shape index (κ1) is 16.2. The highest BCUT2D eigenvalue weighted by molar-refractivity contribution is 5.78. The molecule has 6 nitrogen and oxygen atoms in total. The van der Waals surface area contributed by atoms with Gasteiger partial charge in [-0.15, -0.1) is 10.2 Å². The van der Waals surface area contributed by atoms with Gasteiger partial charge in [-0.1, -0.05) is 66.7 Å². The van der Waals surface area contributed by atoms with Gasteiger partial charge in [0.05, 0.1) is 0 Å². The first-order valence-electron chi connectivity index (χ1n) is 8.65. The van der Waals surface area contributed by atoms with E-state index in [2.05, 4.69) is 33.6 Å². The molecule has 0 saturated carbocycles. The molecular formula is C20H19N5O. The molecule has 0 aliphatic carbocycles. The molecule has 130 valence electrons. The van der Waals surface area contributed by atoms with E-state index in [9.17, 15) is 4.79 Å². The smallest absolute Gasteiger partial charge is 0.246 e. The predicted octanol–water partition coefficient (Wildman–Crippen LogP) is 2.66. The minimum Gasteiger partial charge on any atom is -0.337 e. The van der Waals surface area contributed by atoms with Gasteiger partial charge in [-0.05, 0) is 22.8 Å². The molecule has 3 aromatic rings. The predicted molar refractivity (Wildman–Crippen MR) is 98.9 cm³/mol. The minimum absolute atomic E-state index is 0.00498. The van der Waals surface area contributed by atoms with Gasteiger partial charge in [-0.3, -0.25) is 4.79 Å². The summed E-state index contributed by atoms with van der Waals surface area (Å²) >= 11 is 0. The summed E-state index contributed by atoms with van der Waals surface area (Å²) in [4.78, 5) is 15.7. The van der Waals surface area contributed by atoms with Crippen LogP contribution in [-0.4, -0.2) is 44.1 Å². The summed E-state index contributed by atoms with van der Waals surface area (Å²) in [5.74, 6) is 0.536. The maximum absolute atomic E-state index is 12.5. The molecule has 0 N–H and O–H groups in total. The summed E-state index contributed by atoms with van der Waals surface area (Å²) in [6, 6.07) is 19.9. The largest absolute Gasteiger partial charge is 0.337 e. The van der Waals surface area contributed by atoms with Gasteiger partial charge < -0.3 is 4.90 Å². The lowest BCUT2D eigenvalue weighted by molar-refractivity contribution is -0.131. The Hall–Kier alpha value is -3.28. The molecule has 0 atom stereocenters. The van der Waals surface area contributed by atoms with Crippen molar-refractivity contribution in [3.05, 3.63) is 72.3 Å². The fourth-order valence-corrected chi connectivity index (χ4v) is 3.04. The SMILES string of the molecule is O=C(Cn1nnc(-c2ccccc2)n1)N1CC=C(c2ccccc2)CC1. The van der Waals surface area contributed by atoms with Gasteiger partial charge in [0, 0.05) is 18.7 Å². The van der Waals surface area contributed by atoms with Crippen LogP contribution < -0.4 is 0 Å². The van der Waals surface area contributed by atoms with Gasteiger partial charge >= 0.3 is 0 Å².